The summed E-state index contributed by atoms with van der Waals surface area (Å²) in [5, 5.41) is 2.85. The molecule has 1 aliphatic rings. The summed E-state index contributed by atoms with van der Waals surface area (Å²) in [6.45, 7) is -3.29. The molecule has 0 bridgehead atoms. The molecule has 0 unspecified atom stereocenters. The maximum Gasteiger partial charge on any atom is 0.387 e. The first kappa shape index (κ1) is 21.5. The number of esters is 1. The molecular weight excluding hydrogens is 392 g/mol. The molecule has 7 heteroatoms. The zero-order chi connectivity index (χ0) is 21.3. The van der Waals surface area contributed by atoms with Crippen molar-refractivity contribution in [2.24, 2.45) is 5.92 Å². The lowest BCUT2D eigenvalue weighted by atomic mass is 9.95. The van der Waals surface area contributed by atoms with Crippen LogP contribution in [0.5, 0.6) is 5.75 Å². The lowest BCUT2D eigenvalue weighted by molar-refractivity contribution is -0.153. The van der Waals surface area contributed by atoms with E-state index in [4.69, 9.17) is 4.74 Å². The van der Waals surface area contributed by atoms with Gasteiger partial charge in [-0.15, -0.1) is 0 Å². The highest BCUT2D eigenvalue weighted by Gasteiger charge is 2.22. The van der Waals surface area contributed by atoms with E-state index < -0.39 is 18.6 Å². The number of ether oxygens (including phenoxy) is 2. The molecule has 2 aromatic rings. The molecule has 0 saturated carbocycles. The molecule has 3 rings (SSSR count). The smallest absolute Gasteiger partial charge is 0.387 e. The van der Waals surface area contributed by atoms with Gasteiger partial charge in [0.25, 0.3) is 5.91 Å². The molecule has 1 amide bonds. The molecule has 1 N–H and O–H groups in total. The van der Waals surface area contributed by atoms with Gasteiger partial charge in [0.15, 0.2) is 6.61 Å². The fourth-order valence-corrected chi connectivity index (χ4v) is 3.31. The van der Waals surface area contributed by atoms with Crippen LogP contribution in [0.4, 0.5) is 8.78 Å². The number of halogens is 2. The van der Waals surface area contributed by atoms with Crippen LogP contribution in [0.15, 0.2) is 66.7 Å². The molecule has 1 aliphatic carbocycles. The number of carbonyl (C=O) groups is 2. The Morgan fingerprint density at radius 1 is 1.00 bits per heavy atom. The van der Waals surface area contributed by atoms with Crippen molar-refractivity contribution in [2.45, 2.75) is 31.9 Å². The number of allylic oxidation sites excluding steroid dienone is 2. The van der Waals surface area contributed by atoms with Crippen LogP contribution in [-0.2, 0) is 14.3 Å². The molecule has 0 fully saturated rings. The largest absolute Gasteiger partial charge is 0.455 e. The summed E-state index contributed by atoms with van der Waals surface area (Å²) in [6, 6.07) is 14.7. The first-order valence-corrected chi connectivity index (χ1v) is 9.73. The minimum absolute atomic E-state index is 0.0300. The van der Waals surface area contributed by atoms with Gasteiger partial charge in [0, 0.05) is 0 Å². The Morgan fingerprint density at radius 3 is 2.33 bits per heavy atom. The number of hydrogen-bond acceptors (Lipinski definition) is 4. The van der Waals surface area contributed by atoms with Gasteiger partial charge in [0.2, 0.25) is 0 Å². The fraction of sp³-hybridized carbons (Fsp3) is 0.304. The van der Waals surface area contributed by atoms with Crippen LogP contribution in [-0.4, -0.2) is 25.1 Å². The van der Waals surface area contributed by atoms with Crippen LogP contribution >= 0.6 is 0 Å². The Kier molecular flexibility index (Phi) is 7.54. The lowest BCUT2D eigenvalue weighted by Gasteiger charge is -2.21. The van der Waals surface area contributed by atoms with Gasteiger partial charge >= 0.3 is 12.6 Å². The summed E-state index contributed by atoms with van der Waals surface area (Å²) in [7, 11) is 0. The van der Waals surface area contributed by atoms with Crippen molar-refractivity contribution in [2.75, 3.05) is 6.61 Å². The average molecular weight is 415 g/mol. The second kappa shape index (κ2) is 10.5. The van der Waals surface area contributed by atoms with Crippen molar-refractivity contribution in [3.63, 3.8) is 0 Å². The van der Waals surface area contributed by atoms with Crippen LogP contribution < -0.4 is 10.1 Å². The summed E-state index contributed by atoms with van der Waals surface area (Å²) < 4.78 is 34.3. The van der Waals surface area contributed by atoms with Crippen molar-refractivity contribution >= 4 is 11.9 Å². The maximum atomic E-state index is 12.5. The summed E-state index contributed by atoms with van der Waals surface area (Å²) in [5.41, 5.74) is 1.48. The third kappa shape index (κ3) is 6.14. The first-order valence-electron chi connectivity index (χ1n) is 9.73. The number of nitrogens with one attached hydrogen (secondary N) is 1. The van der Waals surface area contributed by atoms with E-state index in [9.17, 15) is 18.4 Å². The molecule has 0 spiro atoms. The standard InChI is InChI=1S/C23H23F2NO4/c24-23(25)30-19-13-11-17(12-14-19)21(16-7-3-1-4-8-16)26-20(27)15-29-22(28)18-9-5-2-6-10-18/h1-5,7-8,11-14,18,21,23H,6,9-10,15H2,(H,26,27)/t18-,21+/m0/s1. The van der Waals surface area contributed by atoms with Crippen LogP contribution in [0.2, 0.25) is 0 Å². The van der Waals surface area contributed by atoms with E-state index in [2.05, 4.69) is 10.1 Å². The minimum atomic E-state index is -2.91. The Hall–Kier alpha value is -3.22. The van der Waals surface area contributed by atoms with E-state index in [1.54, 1.807) is 12.1 Å². The molecule has 2 atom stereocenters. The summed E-state index contributed by atoms with van der Waals surface area (Å²) in [6.07, 6.45) is 6.14. The molecule has 2 aromatic carbocycles. The van der Waals surface area contributed by atoms with Crippen molar-refractivity contribution in [1.82, 2.24) is 5.32 Å². The number of rotatable bonds is 8. The number of carbonyl (C=O) groups excluding carboxylic acids is 2. The second-order valence-corrected chi connectivity index (χ2v) is 6.95. The molecule has 30 heavy (non-hydrogen) atoms. The van der Waals surface area contributed by atoms with E-state index in [0.717, 1.165) is 18.4 Å². The third-order valence-corrected chi connectivity index (χ3v) is 4.82. The van der Waals surface area contributed by atoms with E-state index in [1.165, 1.54) is 12.1 Å². The number of amides is 1. The predicted octanol–water partition coefficient (Wildman–Crippen LogP) is 4.39. The molecule has 158 valence electrons. The SMILES string of the molecule is O=C(COC(=O)[C@H]1CC=CCC1)N[C@H](c1ccccc1)c1ccc(OC(F)F)cc1. The summed E-state index contributed by atoms with van der Waals surface area (Å²) in [5.74, 6) is -1.01. The second-order valence-electron chi connectivity index (χ2n) is 6.95. The average Bonchev–Trinajstić information content (AvgIpc) is 2.77. The van der Waals surface area contributed by atoms with Gasteiger partial charge in [-0.25, -0.2) is 0 Å². The topological polar surface area (TPSA) is 64.6 Å². The van der Waals surface area contributed by atoms with E-state index >= 15 is 0 Å². The van der Waals surface area contributed by atoms with Gasteiger partial charge in [-0.05, 0) is 42.5 Å². The van der Waals surface area contributed by atoms with Crippen LogP contribution in [0.3, 0.4) is 0 Å². The quantitative estimate of drug-likeness (QED) is 0.513. The minimum Gasteiger partial charge on any atom is -0.455 e. The highest BCUT2D eigenvalue weighted by atomic mass is 19.3. The molecule has 0 heterocycles. The predicted molar refractivity (Wildman–Crippen MR) is 107 cm³/mol. The molecular formula is C23H23F2NO4. The highest BCUT2D eigenvalue weighted by Crippen LogP contribution is 2.25. The van der Waals surface area contributed by atoms with Gasteiger partial charge in [-0.1, -0.05) is 54.6 Å². The Balaban J connectivity index is 1.66. The van der Waals surface area contributed by atoms with Crippen molar-refractivity contribution in [3.8, 4) is 5.75 Å². The van der Waals surface area contributed by atoms with Crippen molar-refractivity contribution in [1.29, 1.82) is 0 Å². The zero-order valence-electron chi connectivity index (χ0n) is 16.3. The van der Waals surface area contributed by atoms with Crippen LogP contribution in [0, 0.1) is 5.92 Å². The Labute approximate surface area is 173 Å². The number of benzene rings is 2. The van der Waals surface area contributed by atoms with Gasteiger partial charge < -0.3 is 14.8 Å². The molecule has 0 saturated heterocycles. The monoisotopic (exact) mass is 415 g/mol. The van der Waals surface area contributed by atoms with E-state index in [-0.39, 0.29) is 24.2 Å². The lowest BCUT2D eigenvalue weighted by Crippen LogP contribution is -2.34. The normalized spacial score (nSPS) is 16.7. The van der Waals surface area contributed by atoms with Crippen molar-refractivity contribution in [3.05, 3.63) is 77.9 Å². The summed E-state index contributed by atoms with van der Waals surface area (Å²) in [4.78, 5) is 24.6. The third-order valence-electron chi connectivity index (χ3n) is 4.82. The maximum absolute atomic E-state index is 12.5. The van der Waals surface area contributed by atoms with Gasteiger partial charge in [0.1, 0.15) is 5.75 Å². The van der Waals surface area contributed by atoms with Crippen LogP contribution in [0.25, 0.3) is 0 Å². The molecule has 0 radical (unpaired) electrons. The van der Waals surface area contributed by atoms with E-state index in [0.29, 0.717) is 12.0 Å². The highest BCUT2D eigenvalue weighted by molar-refractivity contribution is 5.82. The number of hydrogen-bond donors (Lipinski definition) is 1. The van der Waals surface area contributed by atoms with Gasteiger partial charge in [-0.2, -0.15) is 8.78 Å². The number of alkyl halides is 2. The first-order chi connectivity index (χ1) is 14.5. The van der Waals surface area contributed by atoms with Crippen LogP contribution in [0.1, 0.15) is 36.4 Å². The molecule has 0 aliphatic heterocycles. The van der Waals surface area contributed by atoms with Gasteiger partial charge in [0.05, 0.1) is 12.0 Å². The van der Waals surface area contributed by atoms with E-state index in [1.807, 2.05) is 42.5 Å². The Bertz CT molecular complexity index is 869. The van der Waals surface area contributed by atoms with Gasteiger partial charge in [-0.3, -0.25) is 9.59 Å². The fourth-order valence-electron chi connectivity index (χ4n) is 3.31. The molecule has 0 aromatic heterocycles. The summed E-state index contributed by atoms with van der Waals surface area (Å²) >= 11 is 0. The van der Waals surface area contributed by atoms with Crippen molar-refractivity contribution < 1.29 is 27.8 Å². The molecule has 5 nitrogen and oxygen atoms in total. The Morgan fingerprint density at radius 2 is 1.70 bits per heavy atom. The zero-order valence-corrected chi connectivity index (χ0v) is 16.3.